The number of Topliss-reactive ketones (excluding diaryl/α,β-unsaturated/α-hetero) is 1. The molecule has 7 nitrogen and oxygen atoms in total. The van der Waals surface area contributed by atoms with Gasteiger partial charge in [-0.05, 0) is 12.0 Å². The van der Waals surface area contributed by atoms with Crippen molar-refractivity contribution in [3.8, 4) is 0 Å². The number of ether oxygens (including phenoxy) is 1. The zero-order valence-electron chi connectivity index (χ0n) is 14.8. The maximum atomic E-state index is 11.9. The van der Waals surface area contributed by atoms with E-state index in [4.69, 9.17) is 14.6 Å². The fourth-order valence-electron chi connectivity index (χ4n) is 3.11. The van der Waals surface area contributed by atoms with Gasteiger partial charge in [-0.1, -0.05) is 30.3 Å². The summed E-state index contributed by atoms with van der Waals surface area (Å²) in [5, 5.41) is 9.83. The van der Waals surface area contributed by atoms with E-state index in [1.165, 1.54) is 5.56 Å². The van der Waals surface area contributed by atoms with E-state index < -0.39 is 0 Å². The Labute approximate surface area is 153 Å². The first kappa shape index (κ1) is 20.1. The van der Waals surface area contributed by atoms with E-state index >= 15 is 0 Å². The number of rotatable bonds is 5. The minimum atomic E-state index is -0.250. The number of benzene rings is 1. The van der Waals surface area contributed by atoms with E-state index in [-0.39, 0.29) is 30.2 Å². The number of nitrogens with one attached hydrogen (secondary N) is 1. The Kier molecular flexibility index (Phi) is 8.24. The van der Waals surface area contributed by atoms with E-state index in [1.54, 1.807) is 0 Å². The molecule has 26 heavy (non-hydrogen) atoms. The molecule has 1 unspecified atom stereocenters. The molecule has 1 amide bonds. The first-order chi connectivity index (χ1) is 12.6. The molecule has 2 aliphatic rings. The lowest BCUT2D eigenvalue weighted by molar-refractivity contribution is -0.138. The first-order valence-corrected chi connectivity index (χ1v) is 8.87. The van der Waals surface area contributed by atoms with Crippen molar-refractivity contribution in [1.82, 2.24) is 10.2 Å². The van der Waals surface area contributed by atoms with Gasteiger partial charge in [0.1, 0.15) is 5.78 Å². The summed E-state index contributed by atoms with van der Waals surface area (Å²) in [4.78, 5) is 33.7. The second-order valence-corrected chi connectivity index (χ2v) is 6.56. The number of hydrogen-bond donors (Lipinski definition) is 2. The van der Waals surface area contributed by atoms with Gasteiger partial charge < -0.3 is 15.2 Å². The summed E-state index contributed by atoms with van der Waals surface area (Å²) in [6, 6.07) is 10.4. The minimum Gasteiger partial charge on any atom is -0.483 e. The van der Waals surface area contributed by atoms with Gasteiger partial charge >= 0.3 is 0 Å². The number of carbonyl (C=O) groups is 3. The van der Waals surface area contributed by atoms with Gasteiger partial charge in [0.05, 0.1) is 12.0 Å². The van der Waals surface area contributed by atoms with Crippen molar-refractivity contribution in [2.45, 2.75) is 31.9 Å². The lowest BCUT2D eigenvalue weighted by Crippen LogP contribution is -2.44. The van der Waals surface area contributed by atoms with Crippen LogP contribution in [-0.2, 0) is 25.7 Å². The summed E-state index contributed by atoms with van der Waals surface area (Å²) in [6.07, 6.45) is 1.82. The van der Waals surface area contributed by atoms with Crippen LogP contribution in [0.2, 0.25) is 0 Å². The molecule has 2 fully saturated rings. The minimum absolute atomic E-state index is 0.00736. The monoisotopic (exact) mass is 362 g/mol. The van der Waals surface area contributed by atoms with Gasteiger partial charge in [0.2, 0.25) is 5.91 Å². The molecule has 1 aromatic rings. The molecule has 1 aromatic carbocycles. The maximum absolute atomic E-state index is 11.9. The molecule has 3 rings (SSSR count). The highest BCUT2D eigenvalue weighted by atomic mass is 16.5. The van der Waals surface area contributed by atoms with E-state index in [0.717, 1.165) is 32.7 Å². The molecule has 1 saturated heterocycles. The van der Waals surface area contributed by atoms with Gasteiger partial charge in [-0.25, -0.2) is 0 Å². The van der Waals surface area contributed by atoms with Crippen molar-refractivity contribution < 1.29 is 24.2 Å². The Balaban J connectivity index is 0.000000758. The summed E-state index contributed by atoms with van der Waals surface area (Å²) < 4.78 is 5.85. The predicted molar refractivity (Wildman–Crippen MR) is 95.5 cm³/mol. The Morgan fingerprint density at radius 1 is 1.31 bits per heavy atom. The molecule has 1 aliphatic carbocycles. The van der Waals surface area contributed by atoms with Crippen molar-refractivity contribution in [3.63, 3.8) is 0 Å². The molecule has 0 aromatic heterocycles. The SMILES string of the molecule is O=C1CC(C(=O)NCC2CN(Cc3ccccc3)CCCO2)C1.O=CO. The molecule has 142 valence electrons. The second kappa shape index (κ2) is 10.7. The van der Waals surface area contributed by atoms with E-state index in [9.17, 15) is 9.59 Å². The molecule has 0 spiro atoms. The van der Waals surface area contributed by atoms with Gasteiger partial charge in [-0.3, -0.25) is 19.3 Å². The topological polar surface area (TPSA) is 95.9 Å². The van der Waals surface area contributed by atoms with Crippen molar-refractivity contribution in [2.75, 3.05) is 26.2 Å². The van der Waals surface area contributed by atoms with Crippen LogP contribution in [0.1, 0.15) is 24.8 Å². The van der Waals surface area contributed by atoms with Gasteiger partial charge in [-0.2, -0.15) is 0 Å². The molecular formula is C19H26N2O5. The zero-order valence-corrected chi connectivity index (χ0v) is 14.8. The third-order valence-electron chi connectivity index (χ3n) is 4.51. The molecule has 1 atom stereocenters. The van der Waals surface area contributed by atoms with Gasteiger partial charge in [0.15, 0.2) is 0 Å². The van der Waals surface area contributed by atoms with Crippen molar-refractivity contribution in [2.24, 2.45) is 5.92 Å². The summed E-state index contributed by atoms with van der Waals surface area (Å²) in [5.41, 5.74) is 1.30. The number of carbonyl (C=O) groups excluding carboxylic acids is 2. The highest BCUT2D eigenvalue weighted by Crippen LogP contribution is 2.22. The van der Waals surface area contributed by atoms with E-state index in [0.29, 0.717) is 19.4 Å². The van der Waals surface area contributed by atoms with Crippen LogP contribution in [0.25, 0.3) is 0 Å². The predicted octanol–water partition coefficient (Wildman–Crippen LogP) is 1.07. The van der Waals surface area contributed by atoms with Gasteiger partial charge in [0.25, 0.3) is 6.47 Å². The largest absolute Gasteiger partial charge is 0.483 e. The van der Waals surface area contributed by atoms with E-state index in [1.807, 2.05) is 6.07 Å². The number of nitrogens with zero attached hydrogens (tertiary/aromatic N) is 1. The van der Waals surface area contributed by atoms with Gasteiger partial charge in [0, 0.05) is 45.6 Å². The highest BCUT2D eigenvalue weighted by molar-refractivity contribution is 5.96. The number of amides is 1. The van der Waals surface area contributed by atoms with Crippen LogP contribution in [0.3, 0.4) is 0 Å². The standard InChI is InChI=1S/C18H24N2O3.CH2O2/c21-16-9-15(10-16)18(22)19-11-17-13-20(7-4-8-23-17)12-14-5-2-1-3-6-14;2-1-3/h1-3,5-6,15,17H,4,7-13H2,(H,19,22);1H,(H,2,3). The molecule has 7 heteroatoms. The molecule has 1 saturated carbocycles. The fraction of sp³-hybridized carbons (Fsp3) is 0.526. The quantitative estimate of drug-likeness (QED) is 0.761. The Morgan fingerprint density at radius 3 is 2.65 bits per heavy atom. The van der Waals surface area contributed by atoms with Crippen molar-refractivity contribution in [3.05, 3.63) is 35.9 Å². The molecular weight excluding hydrogens is 336 g/mol. The van der Waals surface area contributed by atoms with Crippen LogP contribution in [0.5, 0.6) is 0 Å². The van der Waals surface area contributed by atoms with Crippen LogP contribution < -0.4 is 5.32 Å². The number of hydrogen-bond acceptors (Lipinski definition) is 5. The maximum Gasteiger partial charge on any atom is 0.290 e. The number of carboxylic acid groups (broad SMARTS) is 1. The fourth-order valence-corrected chi connectivity index (χ4v) is 3.11. The molecule has 0 radical (unpaired) electrons. The average molecular weight is 362 g/mol. The Bertz CT molecular complexity index is 585. The van der Waals surface area contributed by atoms with Crippen LogP contribution in [0, 0.1) is 5.92 Å². The summed E-state index contributed by atoms with van der Waals surface area (Å²) in [6.45, 7) is 3.74. The second-order valence-electron chi connectivity index (χ2n) is 6.56. The summed E-state index contributed by atoms with van der Waals surface area (Å²) in [5.74, 6) is 0.0608. The average Bonchev–Trinajstić information content (AvgIpc) is 2.84. The zero-order chi connectivity index (χ0) is 18.8. The lowest BCUT2D eigenvalue weighted by Gasteiger charge is -2.26. The Morgan fingerprint density at radius 2 is 2.00 bits per heavy atom. The number of ketones is 1. The van der Waals surface area contributed by atoms with Crippen molar-refractivity contribution >= 4 is 18.2 Å². The van der Waals surface area contributed by atoms with Crippen LogP contribution in [0.4, 0.5) is 0 Å². The van der Waals surface area contributed by atoms with Crippen LogP contribution in [0.15, 0.2) is 30.3 Å². The van der Waals surface area contributed by atoms with Gasteiger partial charge in [-0.15, -0.1) is 0 Å². The highest BCUT2D eigenvalue weighted by Gasteiger charge is 2.33. The summed E-state index contributed by atoms with van der Waals surface area (Å²) in [7, 11) is 0. The van der Waals surface area contributed by atoms with E-state index in [2.05, 4.69) is 34.5 Å². The summed E-state index contributed by atoms with van der Waals surface area (Å²) >= 11 is 0. The van der Waals surface area contributed by atoms with Crippen LogP contribution in [-0.4, -0.2) is 60.5 Å². The normalized spacial score (nSPS) is 20.9. The van der Waals surface area contributed by atoms with Crippen molar-refractivity contribution in [1.29, 1.82) is 0 Å². The lowest BCUT2D eigenvalue weighted by atomic mass is 9.83. The Hall–Kier alpha value is -2.25. The third-order valence-corrected chi connectivity index (χ3v) is 4.51. The van der Waals surface area contributed by atoms with Crippen LogP contribution >= 0.6 is 0 Å². The molecule has 0 bridgehead atoms. The smallest absolute Gasteiger partial charge is 0.290 e. The molecule has 2 N–H and O–H groups in total. The third kappa shape index (κ3) is 6.57. The molecule has 1 aliphatic heterocycles. The first-order valence-electron chi connectivity index (χ1n) is 8.87. The molecule has 1 heterocycles.